The molecule has 0 saturated heterocycles. The van der Waals surface area contributed by atoms with E-state index in [9.17, 15) is 0 Å². The van der Waals surface area contributed by atoms with Crippen molar-refractivity contribution in [3.63, 3.8) is 0 Å². The van der Waals surface area contributed by atoms with E-state index in [4.69, 9.17) is 0 Å². The quantitative estimate of drug-likeness (QED) is 0.415. The van der Waals surface area contributed by atoms with Crippen LogP contribution < -0.4 is 0 Å². The molecule has 0 saturated carbocycles. The van der Waals surface area contributed by atoms with Gasteiger partial charge in [-0.2, -0.15) is 11.8 Å². The van der Waals surface area contributed by atoms with Gasteiger partial charge in [-0.05, 0) is 12.5 Å². The summed E-state index contributed by atoms with van der Waals surface area (Å²) in [7, 11) is 1.47. The average Bonchev–Trinajstić information content (AvgIpc) is 1.46. The van der Waals surface area contributed by atoms with Crippen molar-refractivity contribution in [1.82, 2.24) is 0 Å². The summed E-state index contributed by atoms with van der Waals surface area (Å²) in [6.07, 6.45) is 4.08. The Labute approximate surface area is 43.6 Å². The van der Waals surface area contributed by atoms with Crippen molar-refractivity contribution in [2.75, 3.05) is 12.5 Å². The van der Waals surface area contributed by atoms with Gasteiger partial charge in [0.2, 0.25) is 7.26 Å². The standard InChI is InChI=1S/C2H6S.BClH2/c1-3-2;1-2/h1-2H3;1H2. The summed E-state index contributed by atoms with van der Waals surface area (Å²) in [4.78, 5) is 0. The second kappa shape index (κ2) is 22.2. The molecule has 0 aromatic rings. The smallest absolute Gasteiger partial charge is 0.206 e. The molecule has 0 atom stereocenters. The van der Waals surface area contributed by atoms with Crippen LogP contribution in [-0.4, -0.2) is 19.8 Å². The third-order valence-corrected chi connectivity index (χ3v) is 0. The van der Waals surface area contributed by atoms with Gasteiger partial charge in [-0.15, -0.1) is 0 Å². The molecule has 5 heavy (non-hydrogen) atoms. The van der Waals surface area contributed by atoms with Crippen LogP contribution in [0.4, 0.5) is 0 Å². The van der Waals surface area contributed by atoms with Gasteiger partial charge in [0, 0.05) is 0 Å². The third-order valence-electron chi connectivity index (χ3n) is 0. The minimum atomic E-state index is 1.47. The zero-order valence-corrected chi connectivity index (χ0v) is 5.36. The van der Waals surface area contributed by atoms with E-state index < -0.39 is 0 Å². The first-order valence-electron chi connectivity index (χ1n) is 1.19. The van der Waals surface area contributed by atoms with Crippen LogP contribution in [0.1, 0.15) is 0 Å². The molecule has 0 rings (SSSR count). The van der Waals surface area contributed by atoms with E-state index in [1.807, 2.05) is 12.5 Å². The first kappa shape index (κ1) is 9.20. The van der Waals surface area contributed by atoms with Crippen LogP contribution in [-0.2, 0) is 0 Å². The van der Waals surface area contributed by atoms with Gasteiger partial charge in [0.1, 0.15) is 0 Å². The maximum Gasteiger partial charge on any atom is 0.215 e. The lowest BCUT2D eigenvalue weighted by molar-refractivity contribution is 2.37. The van der Waals surface area contributed by atoms with Crippen molar-refractivity contribution >= 4 is 30.5 Å². The summed E-state index contributed by atoms with van der Waals surface area (Å²) in [6, 6.07) is 0. The lowest BCUT2D eigenvalue weighted by atomic mass is 10.8. The van der Waals surface area contributed by atoms with Crippen LogP contribution in [0, 0.1) is 0 Å². The SMILES string of the molecule is BCl.CSC. The topological polar surface area (TPSA) is 0 Å². The van der Waals surface area contributed by atoms with Gasteiger partial charge in [-0.3, -0.25) is 0 Å². The van der Waals surface area contributed by atoms with Crippen LogP contribution in [0.5, 0.6) is 0 Å². The monoisotopic (exact) mass is 110 g/mol. The van der Waals surface area contributed by atoms with Crippen LogP contribution in [0.25, 0.3) is 0 Å². The van der Waals surface area contributed by atoms with E-state index in [1.54, 1.807) is 11.8 Å². The second-order valence-electron chi connectivity index (χ2n) is 0.408. The molecule has 0 heterocycles. The molecule has 0 aliphatic rings. The van der Waals surface area contributed by atoms with Crippen molar-refractivity contribution < 1.29 is 0 Å². The molecular weight excluding hydrogens is 102 g/mol. The highest BCUT2D eigenvalue weighted by Gasteiger charge is 1.32. The molecule has 3 heteroatoms. The molecule has 0 aromatic heterocycles. The summed E-state index contributed by atoms with van der Waals surface area (Å²) >= 11 is 6.39. The Morgan fingerprint density at radius 2 is 1.40 bits per heavy atom. The molecule has 0 unspecified atom stereocenters. The normalized spacial score (nSPS) is 4.60. The Hall–Kier alpha value is 0.705. The number of hydrogen-bond acceptors (Lipinski definition) is 1. The molecule has 0 aromatic carbocycles. The maximum absolute atomic E-state index is 4.64. The molecule has 32 valence electrons. The van der Waals surface area contributed by atoms with Crippen molar-refractivity contribution in [1.29, 1.82) is 0 Å². The van der Waals surface area contributed by atoms with Gasteiger partial charge < -0.3 is 0 Å². The highest BCUT2D eigenvalue weighted by atomic mass is 35.5. The van der Waals surface area contributed by atoms with Crippen molar-refractivity contribution in [3.05, 3.63) is 0 Å². The van der Waals surface area contributed by atoms with Crippen LogP contribution in [0.2, 0.25) is 0 Å². The Bertz CT molecular complexity index is 9.61. The second-order valence-corrected chi connectivity index (χ2v) is 1.22. The zero-order valence-electron chi connectivity index (χ0n) is 3.79. The first-order chi connectivity index (χ1) is 2.41. The number of hydrogen-bond donors (Lipinski definition) is 0. The van der Waals surface area contributed by atoms with Crippen LogP contribution in [0.3, 0.4) is 0 Å². The van der Waals surface area contributed by atoms with E-state index in [-0.39, 0.29) is 0 Å². The Morgan fingerprint density at radius 3 is 1.40 bits per heavy atom. The van der Waals surface area contributed by atoms with Gasteiger partial charge in [0.05, 0.1) is 0 Å². The predicted octanol–water partition coefficient (Wildman–Crippen LogP) is 0.752. The largest absolute Gasteiger partial charge is 0.215 e. The number of rotatable bonds is 0. The van der Waals surface area contributed by atoms with Gasteiger partial charge >= 0.3 is 0 Å². The minimum absolute atomic E-state index is 1.47. The molecule has 0 spiro atoms. The van der Waals surface area contributed by atoms with Crippen molar-refractivity contribution in [2.24, 2.45) is 0 Å². The number of halogens is 1. The molecule has 0 bridgehead atoms. The van der Waals surface area contributed by atoms with Crippen molar-refractivity contribution in [3.8, 4) is 0 Å². The minimum Gasteiger partial charge on any atom is -0.206 e. The highest BCUT2D eigenvalue weighted by Crippen LogP contribution is 1.70. The molecule has 0 aliphatic carbocycles. The lowest BCUT2D eigenvalue weighted by Gasteiger charge is -1.51. The van der Waals surface area contributed by atoms with Gasteiger partial charge in [0.25, 0.3) is 0 Å². The first-order valence-corrected chi connectivity index (χ1v) is 3.58. The predicted molar refractivity (Wildman–Crippen MR) is 33.8 cm³/mol. The summed E-state index contributed by atoms with van der Waals surface area (Å²) in [5.41, 5.74) is 0. The average molecular weight is 110 g/mol. The highest BCUT2D eigenvalue weighted by molar-refractivity contribution is 7.97. The van der Waals surface area contributed by atoms with Crippen LogP contribution in [0.15, 0.2) is 0 Å². The zero-order chi connectivity index (χ0) is 4.71. The summed E-state index contributed by atoms with van der Waals surface area (Å²) < 4.78 is 0. The molecule has 0 amide bonds. The fourth-order valence-electron chi connectivity index (χ4n) is 0. The molecule has 0 nitrogen and oxygen atoms in total. The van der Waals surface area contributed by atoms with Gasteiger partial charge in [-0.25, -0.2) is 11.5 Å². The maximum atomic E-state index is 4.64. The Kier molecular flexibility index (Phi) is 40.9. The van der Waals surface area contributed by atoms with E-state index in [0.717, 1.165) is 0 Å². The van der Waals surface area contributed by atoms with Gasteiger partial charge in [-0.1, -0.05) is 0 Å². The molecule has 0 aliphatic heterocycles. The molecule has 0 radical (unpaired) electrons. The van der Waals surface area contributed by atoms with E-state index in [2.05, 4.69) is 11.5 Å². The number of thioether (sulfide) groups is 1. The molecular formula is C2H8BClS. The third kappa shape index (κ3) is 69.3. The van der Waals surface area contributed by atoms with E-state index >= 15 is 0 Å². The summed E-state index contributed by atoms with van der Waals surface area (Å²) in [5.74, 6) is 0. The lowest BCUT2D eigenvalue weighted by Crippen LogP contribution is -1.25. The fourth-order valence-corrected chi connectivity index (χ4v) is 0. The summed E-state index contributed by atoms with van der Waals surface area (Å²) in [6.45, 7) is 0. The summed E-state index contributed by atoms with van der Waals surface area (Å²) in [5, 5.41) is 0. The van der Waals surface area contributed by atoms with Gasteiger partial charge in [0.15, 0.2) is 0 Å². The van der Waals surface area contributed by atoms with E-state index in [0.29, 0.717) is 0 Å². The van der Waals surface area contributed by atoms with E-state index in [1.165, 1.54) is 7.26 Å². The van der Waals surface area contributed by atoms with Crippen LogP contribution >= 0.6 is 23.2 Å². The Morgan fingerprint density at radius 1 is 1.40 bits per heavy atom. The molecule has 0 fully saturated rings. The van der Waals surface area contributed by atoms with Crippen molar-refractivity contribution in [2.45, 2.75) is 0 Å². The fraction of sp³-hybridized carbons (Fsp3) is 1.00. The molecule has 0 N–H and O–H groups in total. The Balaban J connectivity index is 0.